The Kier molecular flexibility index (Phi) is 4.94. The van der Waals surface area contributed by atoms with Gasteiger partial charge in [-0.1, -0.05) is 60.7 Å². The Labute approximate surface area is 161 Å². The van der Waals surface area contributed by atoms with Crippen LogP contribution in [-0.4, -0.2) is 15.9 Å². The van der Waals surface area contributed by atoms with Crippen molar-refractivity contribution < 1.29 is 4.79 Å². The van der Waals surface area contributed by atoms with E-state index in [0.717, 1.165) is 38.6 Å². The van der Waals surface area contributed by atoms with E-state index in [0.29, 0.717) is 0 Å². The molecule has 0 aliphatic heterocycles. The lowest BCUT2D eigenvalue weighted by Crippen LogP contribution is -2.20. The van der Waals surface area contributed by atoms with Crippen molar-refractivity contribution in [2.45, 2.75) is 19.3 Å². The number of nitrogens with one attached hydrogen (secondary N) is 1. The average molecular weight is 373 g/mol. The van der Waals surface area contributed by atoms with E-state index in [-0.39, 0.29) is 11.8 Å². The van der Waals surface area contributed by atoms with Crippen molar-refractivity contribution in [3.63, 3.8) is 0 Å². The zero-order chi connectivity index (χ0) is 18.6. The predicted molar refractivity (Wildman–Crippen MR) is 111 cm³/mol. The van der Waals surface area contributed by atoms with Crippen LogP contribution in [-0.2, 0) is 4.79 Å². The van der Waals surface area contributed by atoms with E-state index >= 15 is 0 Å². The maximum Gasteiger partial charge on any atom is 0.231 e. The summed E-state index contributed by atoms with van der Waals surface area (Å²) in [7, 11) is 0. The van der Waals surface area contributed by atoms with E-state index in [4.69, 9.17) is 0 Å². The average Bonchev–Trinajstić information content (AvgIpc) is 3.14. The molecule has 2 heterocycles. The molecular formula is C22H19N3OS. The van der Waals surface area contributed by atoms with Crippen LogP contribution in [0, 0.1) is 0 Å². The Morgan fingerprint density at radius 2 is 1.93 bits per heavy atom. The molecule has 0 saturated heterocycles. The van der Waals surface area contributed by atoms with Crippen LogP contribution in [0.2, 0.25) is 0 Å². The molecule has 0 saturated carbocycles. The fourth-order valence-corrected chi connectivity index (χ4v) is 4.01. The molecule has 4 aromatic rings. The maximum atomic E-state index is 12.8. The Morgan fingerprint density at radius 1 is 1.07 bits per heavy atom. The number of hydrogen-bond acceptors (Lipinski definition) is 4. The summed E-state index contributed by atoms with van der Waals surface area (Å²) >= 11 is 1.55. The summed E-state index contributed by atoms with van der Waals surface area (Å²) in [4.78, 5) is 22.7. The summed E-state index contributed by atoms with van der Waals surface area (Å²) in [6, 6.07) is 21.5. The normalized spacial score (nSPS) is 12.0. The molecule has 0 aliphatic rings. The quantitative estimate of drug-likeness (QED) is 0.503. The van der Waals surface area contributed by atoms with Crippen LogP contribution in [0.1, 0.15) is 24.8 Å². The number of rotatable bonds is 5. The second-order valence-corrected chi connectivity index (χ2v) is 7.27. The van der Waals surface area contributed by atoms with E-state index in [9.17, 15) is 4.79 Å². The SMILES string of the molecule is CCC(C(=O)Nc1cccc(-c2nc3cccnc3s2)c1)c1ccccc1. The minimum atomic E-state index is -0.165. The number of fused-ring (bicyclic) bond motifs is 1. The fourth-order valence-electron chi connectivity index (χ4n) is 3.11. The number of nitrogens with zero attached hydrogens (tertiary/aromatic N) is 2. The lowest BCUT2D eigenvalue weighted by Gasteiger charge is -2.15. The molecule has 5 heteroatoms. The van der Waals surface area contributed by atoms with Crippen molar-refractivity contribution >= 4 is 33.3 Å². The molecule has 1 amide bonds. The molecule has 1 unspecified atom stereocenters. The molecule has 134 valence electrons. The standard InChI is InChI=1S/C22H19N3OS/c1-2-18(15-8-4-3-5-9-15)20(26)24-17-11-6-10-16(14-17)21-25-19-12-7-13-23-22(19)27-21/h3-14,18H,2H2,1H3,(H,24,26). The van der Waals surface area contributed by atoms with Gasteiger partial charge in [-0.2, -0.15) is 0 Å². The van der Waals surface area contributed by atoms with Gasteiger partial charge < -0.3 is 5.32 Å². The van der Waals surface area contributed by atoms with Crippen LogP contribution in [0.15, 0.2) is 72.9 Å². The van der Waals surface area contributed by atoms with Crippen LogP contribution in [0.5, 0.6) is 0 Å². The number of thiazole rings is 1. The van der Waals surface area contributed by atoms with E-state index in [1.165, 1.54) is 0 Å². The molecule has 1 atom stereocenters. The monoisotopic (exact) mass is 373 g/mol. The van der Waals surface area contributed by atoms with Crippen molar-refractivity contribution in [3.8, 4) is 10.6 Å². The molecule has 0 spiro atoms. The van der Waals surface area contributed by atoms with Gasteiger partial charge in [-0.05, 0) is 36.2 Å². The van der Waals surface area contributed by atoms with Crippen molar-refractivity contribution in [2.24, 2.45) is 0 Å². The second-order valence-electron chi connectivity index (χ2n) is 6.29. The van der Waals surface area contributed by atoms with Gasteiger partial charge in [0.25, 0.3) is 0 Å². The number of hydrogen-bond donors (Lipinski definition) is 1. The summed E-state index contributed by atoms with van der Waals surface area (Å²) in [5.41, 5.74) is 3.68. The highest BCUT2D eigenvalue weighted by atomic mass is 32.1. The molecule has 0 fully saturated rings. The number of carbonyl (C=O) groups excluding carboxylic acids is 1. The fraction of sp³-hybridized carbons (Fsp3) is 0.136. The van der Waals surface area contributed by atoms with E-state index in [2.05, 4.69) is 15.3 Å². The zero-order valence-corrected chi connectivity index (χ0v) is 15.7. The first-order chi connectivity index (χ1) is 13.2. The lowest BCUT2D eigenvalue weighted by atomic mass is 9.95. The minimum absolute atomic E-state index is 0.00631. The van der Waals surface area contributed by atoms with Gasteiger partial charge in [0.15, 0.2) is 0 Å². The number of anilines is 1. The highest BCUT2D eigenvalue weighted by molar-refractivity contribution is 7.21. The third kappa shape index (κ3) is 3.73. The van der Waals surface area contributed by atoms with Gasteiger partial charge in [0.05, 0.1) is 5.92 Å². The summed E-state index contributed by atoms with van der Waals surface area (Å²) in [5, 5.41) is 3.96. The summed E-state index contributed by atoms with van der Waals surface area (Å²) in [6.07, 6.45) is 2.52. The number of amides is 1. The Bertz CT molecular complexity index is 1040. The Hall–Kier alpha value is -3.05. The van der Waals surface area contributed by atoms with Gasteiger partial charge in [-0.15, -0.1) is 0 Å². The number of benzene rings is 2. The van der Waals surface area contributed by atoms with Crippen LogP contribution in [0.3, 0.4) is 0 Å². The summed E-state index contributed by atoms with van der Waals surface area (Å²) in [6.45, 7) is 2.03. The van der Waals surface area contributed by atoms with Crippen LogP contribution in [0.25, 0.3) is 20.9 Å². The number of carbonyl (C=O) groups is 1. The maximum absolute atomic E-state index is 12.8. The van der Waals surface area contributed by atoms with Gasteiger partial charge in [0.2, 0.25) is 5.91 Å². The smallest absolute Gasteiger partial charge is 0.231 e. The first-order valence-corrected chi connectivity index (χ1v) is 9.74. The topological polar surface area (TPSA) is 54.9 Å². The molecule has 1 N–H and O–H groups in total. The molecule has 0 radical (unpaired) electrons. The lowest BCUT2D eigenvalue weighted by molar-refractivity contribution is -0.117. The first-order valence-electron chi connectivity index (χ1n) is 8.92. The highest BCUT2D eigenvalue weighted by Crippen LogP contribution is 2.30. The van der Waals surface area contributed by atoms with E-state index in [1.54, 1.807) is 17.5 Å². The van der Waals surface area contributed by atoms with Crippen LogP contribution in [0.4, 0.5) is 5.69 Å². The first kappa shape index (κ1) is 17.4. The molecule has 27 heavy (non-hydrogen) atoms. The molecule has 2 aromatic carbocycles. The predicted octanol–water partition coefficient (Wildman–Crippen LogP) is 5.49. The number of aromatic nitrogens is 2. The van der Waals surface area contributed by atoms with Crippen molar-refractivity contribution in [1.29, 1.82) is 0 Å². The Balaban J connectivity index is 1.58. The molecule has 0 aliphatic carbocycles. The van der Waals surface area contributed by atoms with E-state index in [1.807, 2.05) is 73.7 Å². The van der Waals surface area contributed by atoms with Gasteiger partial charge in [-0.25, -0.2) is 9.97 Å². The van der Waals surface area contributed by atoms with Crippen molar-refractivity contribution in [1.82, 2.24) is 9.97 Å². The molecular weight excluding hydrogens is 354 g/mol. The van der Waals surface area contributed by atoms with Crippen LogP contribution >= 0.6 is 11.3 Å². The van der Waals surface area contributed by atoms with E-state index < -0.39 is 0 Å². The van der Waals surface area contributed by atoms with Crippen molar-refractivity contribution in [2.75, 3.05) is 5.32 Å². The van der Waals surface area contributed by atoms with Gasteiger partial charge in [-0.3, -0.25) is 4.79 Å². The molecule has 2 aromatic heterocycles. The summed E-state index contributed by atoms with van der Waals surface area (Å²) in [5.74, 6) is -0.159. The minimum Gasteiger partial charge on any atom is -0.326 e. The number of pyridine rings is 1. The third-order valence-electron chi connectivity index (χ3n) is 4.47. The Morgan fingerprint density at radius 3 is 2.70 bits per heavy atom. The zero-order valence-electron chi connectivity index (χ0n) is 14.9. The summed E-state index contributed by atoms with van der Waals surface area (Å²) < 4.78 is 0. The van der Waals surface area contributed by atoms with Gasteiger partial charge in [0, 0.05) is 17.4 Å². The van der Waals surface area contributed by atoms with Crippen LogP contribution < -0.4 is 5.32 Å². The molecule has 4 rings (SSSR count). The van der Waals surface area contributed by atoms with Crippen molar-refractivity contribution in [3.05, 3.63) is 78.5 Å². The third-order valence-corrected chi connectivity index (χ3v) is 5.50. The second kappa shape index (κ2) is 7.68. The molecule has 4 nitrogen and oxygen atoms in total. The largest absolute Gasteiger partial charge is 0.326 e. The van der Waals surface area contributed by atoms with Gasteiger partial charge >= 0.3 is 0 Å². The van der Waals surface area contributed by atoms with Gasteiger partial charge in [0.1, 0.15) is 15.4 Å². The highest BCUT2D eigenvalue weighted by Gasteiger charge is 2.18. The molecule has 0 bridgehead atoms.